The van der Waals surface area contributed by atoms with Crippen LogP contribution in [0.5, 0.6) is 0 Å². The second-order valence-electron chi connectivity index (χ2n) is 6.94. The fourth-order valence-electron chi connectivity index (χ4n) is 3.80. The summed E-state index contributed by atoms with van der Waals surface area (Å²) in [6.45, 7) is 2.73. The van der Waals surface area contributed by atoms with Crippen LogP contribution in [-0.2, 0) is 11.2 Å². The number of hydrogen-bond donors (Lipinski definition) is 1. The zero-order valence-corrected chi connectivity index (χ0v) is 16.0. The van der Waals surface area contributed by atoms with E-state index in [0.29, 0.717) is 42.1 Å². The highest BCUT2D eigenvalue weighted by Crippen LogP contribution is 2.26. The highest BCUT2D eigenvalue weighted by molar-refractivity contribution is 6.33. The lowest BCUT2D eigenvalue weighted by Gasteiger charge is -2.36. The molecule has 1 saturated heterocycles. The largest absolute Gasteiger partial charge is 0.367 e. The van der Waals surface area contributed by atoms with Gasteiger partial charge in [-0.05, 0) is 30.2 Å². The van der Waals surface area contributed by atoms with Crippen LogP contribution >= 0.6 is 11.6 Å². The monoisotopic (exact) mass is 397 g/mol. The molecule has 0 unspecified atom stereocenters. The van der Waals surface area contributed by atoms with E-state index in [1.54, 1.807) is 18.2 Å². The van der Waals surface area contributed by atoms with E-state index in [1.807, 2.05) is 29.2 Å². The average Bonchev–Trinajstić information content (AvgIpc) is 3.01. The third-order valence-corrected chi connectivity index (χ3v) is 5.60. The molecule has 2 aliphatic heterocycles. The number of fused-ring (bicyclic) bond motifs is 1. The molecule has 2 heterocycles. The van der Waals surface area contributed by atoms with E-state index < -0.39 is 0 Å². The predicted octanol–water partition coefficient (Wildman–Crippen LogP) is 2.51. The standard InChI is InChI=1S/C21H20ClN3O3/c22-16-6-1-2-7-17(16)24-10-12-25(13-11-24)18(26)9-8-14-4-3-5-15-19(14)21(28)23-20(15)27/h1-7H,8-13H2,(H,23,27,28). The number of para-hydroxylation sites is 1. The first kappa shape index (κ1) is 18.5. The molecule has 7 heteroatoms. The fraction of sp³-hybridized carbons (Fsp3) is 0.286. The van der Waals surface area contributed by atoms with E-state index in [-0.39, 0.29) is 17.7 Å². The number of carbonyl (C=O) groups is 3. The van der Waals surface area contributed by atoms with E-state index in [2.05, 4.69) is 10.2 Å². The molecule has 28 heavy (non-hydrogen) atoms. The molecule has 144 valence electrons. The van der Waals surface area contributed by atoms with E-state index in [4.69, 9.17) is 11.6 Å². The van der Waals surface area contributed by atoms with Gasteiger partial charge >= 0.3 is 0 Å². The Labute approximate surface area is 168 Å². The van der Waals surface area contributed by atoms with Crippen LogP contribution < -0.4 is 10.2 Å². The van der Waals surface area contributed by atoms with Crippen LogP contribution in [0.25, 0.3) is 0 Å². The maximum atomic E-state index is 12.6. The Morgan fingerprint density at radius 2 is 1.71 bits per heavy atom. The number of nitrogens with one attached hydrogen (secondary N) is 1. The van der Waals surface area contributed by atoms with Gasteiger partial charge in [0, 0.05) is 32.6 Å². The molecule has 1 fully saturated rings. The Hall–Kier alpha value is -2.86. The van der Waals surface area contributed by atoms with Gasteiger partial charge in [0.2, 0.25) is 5.91 Å². The number of benzene rings is 2. The molecule has 6 nitrogen and oxygen atoms in total. The summed E-state index contributed by atoms with van der Waals surface area (Å²) in [5.41, 5.74) is 2.53. The van der Waals surface area contributed by atoms with Crippen LogP contribution in [0.3, 0.4) is 0 Å². The smallest absolute Gasteiger partial charge is 0.259 e. The van der Waals surface area contributed by atoms with E-state index in [0.717, 1.165) is 24.3 Å². The van der Waals surface area contributed by atoms with Gasteiger partial charge in [-0.3, -0.25) is 19.7 Å². The van der Waals surface area contributed by atoms with E-state index in [1.165, 1.54) is 0 Å². The lowest BCUT2D eigenvalue weighted by Crippen LogP contribution is -2.49. The summed E-state index contributed by atoms with van der Waals surface area (Å²) in [5, 5.41) is 3.02. The Balaban J connectivity index is 1.36. The summed E-state index contributed by atoms with van der Waals surface area (Å²) in [4.78, 5) is 40.4. The van der Waals surface area contributed by atoms with Crippen molar-refractivity contribution in [3.63, 3.8) is 0 Å². The highest BCUT2D eigenvalue weighted by Gasteiger charge is 2.29. The van der Waals surface area contributed by atoms with Gasteiger partial charge in [0.15, 0.2) is 0 Å². The molecule has 2 aliphatic rings. The number of anilines is 1. The van der Waals surface area contributed by atoms with Crippen LogP contribution in [0.1, 0.15) is 32.7 Å². The third kappa shape index (κ3) is 3.47. The maximum Gasteiger partial charge on any atom is 0.259 e. The second kappa shape index (κ2) is 7.64. The summed E-state index contributed by atoms with van der Waals surface area (Å²) in [7, 11) is 0. The van der Waals surface area contributed by atoms with Crippen molar-refractivity contribution in [1.29, 1.82) is 0 Å². The van der Waals surface area contributed by atoms with Crippen LogP contribution in [0, 0.1) is 0 Å². The minimum atomic E-state index is -0.378. The van der Waals surface area contributed by atoms with Crippen molar-refractivity contribution in [2.24, 2.45) is 0 Å². The molecule has 3 amide bonds. The molecule has 4 rings (SSSR count). The van der Waals surface area contributed by atoms with Gasteiger partial charge in [0.1, 0.15) is 0 Å². The van der Waals surface area contributed by atoms with Gasteiger partial charge in [-0.15, -0.1) is 0 Å². The van der Waals surface area contributed by atoms with E-state index >= 15 is 0 Å². The molecule has 0 atom stereocenters. The molecule has 2 aromatic carbocycles. The van der Waals surface area contributed by atoms with Crippen molar-refractivity contribution in [1.82, 2.24) is 10.2 Å². The topological polar surface area (TPSA) is 69.7 Å². The maximum absolute atomic E-state index is 12.6. The van der Waals surface area contributed by atoms with Crippen molar-refractivity contribution in [3.05, 3.63) is 64.2 Å². The predicted molar refractivity (Wildman–Crippen MR) is 107 cm³/mol. The summed E-state index contributed by atoms with van der Waals surface area (Å²) < 4.78 is 0. The number of amides is 3. The number of halogens is 1. The van der Waals surface area contributed by atoms with Crippen LogP contribution in [0.4, 0.5) is 5.69 Å². The lowest BCUT2D eigenvalue weighted by molar-refractivity contribution is -0.131. The summed E-state index contributed by atoms with van der Waals surface area (Å²) in [6, 6.07) is 12.9. The Bertz CT molecular complexity index is 952. The lowest BCUT2D eigenvalue weighted by atomic mass is 9.99. The molecule has 1 N–H and O–H groups in total. The second-order valence-corrected chi connectivity index (χ2v) is 7.35. The van der Waals surface area contributed by atoms with Gasteiger partial charge in [0.05, 0.1) is 21.8 Å². The molecule has 0 aromatic heterocycles. The number of imide groups is 1. The number of carbonyl (C=O) groups excluding carboxylic acids is 3. The Morgan fingerprint density at radius 1 is 0.964 bits per heavy atom. The molecular weight excluding hydrogens is 378 g/mol. The van der Waals surface area contributed by atoms with Gasteiger partial charge in [-0.25, -0.2) is 0 Å². The van der Waals surface area contributed by atoms with Crippen LogP contribution in [0.15, 0.2) is 42.5 Å². The van der Waals surface area contributed by atoms with Gasteiger partial charge in [0.25, 0.3) is 11.8 Å². The summed E-state index contributed by atoms with van der Waals surface area (Å²) in [6.07, 6.45) is 0.747. The summed E-state index contributed by atoms with van der Waals surface area (Å²) in [5.74, 6) is -0.693. The minimum absolute atomic E-state index is 0.0566. The first-order chi connectivity index (χ1) is 13.5. The number of nitrogens with zero attached hydrogens (tertiary/aromatic N) is 2. The number of aryl methyl sites for hydroxylation is 1. The first-order valence-corrected chi connectivity index (χ1v) is 9.67. The number of rotatable bonds is 4. The molecule has 2 aromatic rings. The highest BCUT2D eigenvalue weighted by atomic mass is 35.5. The van der Waals surface area contributed by atoms with Gasteiger partial charge in [-0.2, -0.15) is 0 Å². The van der Waals surface area contributed by atoms with Crippen molar-refractivity contribution in [2.75, 3.05) is 31.1 Å². The molecule has 0 saturated carbocycles. The summed E-state index contributed by atoms with van der Waals surface area (Å²) >= 11 is 6.26. The van der Waals surface area contributed by atoms with Crippen molar-refractivity contribution < 1.29 is 14.4 Å². The van der Waals surface area contributed by atoms with Gasteiger partial charge < -0.3 is 9.80 Å². The average molecular weight is 398 g/mol. The quantitative estimate of drug-likeness (QED) is 0.805. The first-order valence-electron chi connectivity index (χ1n) is 9.29. The fourth-order valence-corrected chi connectivity index (χ4v) is 4.06. The normalized spacial score (nSPS) is 16.2. The number of piperazine rings is 1. The van der Waals surface area contributed by atoms with Crippen molar-refractivity contribution in [3.8, 4) is 0 Å². The zero-order chi connectivity index (χ0) is 19.7. The third-order valence-electron chi connectivity index (χ3n) is 5.28. The Morgan fingerprint density at radius 3 is 2.46 bits per heavy atom. The molecule has 0 radical (unpaired) electrons. The minimum Gasteiger partial charge on any atom is -0.367 e. The number of hydrogen-bond acceptors (Lipinski definition) is 4. The molecule has 0 bridgehead atoms. The van der Waals surface area contributed by atoms with Crippen molar-refractivity contribution in [2.45, 2.75) is 12.8 Å². The Kier molecular flexibility index (Phi) is 5.05. The van der Waals surface area contributed by atoms with Crippen molar-refractivity contribution >= 4 is 35.0 Å². The van der Waals surface area contributed by atoms with Crippen LogP contribution in [0.2, 0.25) is 5.02 Å². The van der Waals surface area contributed by atoms with E-state index in [9.17, 15) is 14.4 Å². The van der Waals surface area contributed by atoms with Gasteiger partial charge in [-0.1, -0.05) is 35.9 Å². The molecule has 0 aliphatic carbocycles. The SMILES string of the molecule is O=C1NC(=O)c2c(CCC(=O)N3CCN(c4ccccc4Cl)CC3)cccc21. The zero-order valence-electron chi connectivity index (χ0n) is 15.3. The molecular formula is C21H20ClN3O3. The van der Waals surface area contributed by atoms with Crippen LogP contribution in [-0.4, -0.2) is 48.8 Å². The molecule has 0 spiro atoms.